The molecular formula is C12H19N3O4S. The van der Waals surface area contributed by atoms with Crippen molar-refractivity contribution in [2.75, 3.05) is 6.54 Å². The van der Waals surface area contributed by atoms with Crippen LogP contribution in [0.1, 0.15) is 25.7 Å². The van der Waals surface area contributed by atoms with Gasteiger partial charge in [-0.1, -0.05) is 12.8 Å². The Morgan fingerprint density at radius 3 is 2.80 bits per heavy atom. The molecule has 0 aromatic carbocycles. The van der Waals surface area contributed by atoms with E-state index < -0.39 is 21.9 Å². The molecule has 1 aliphatic rings. The summed E-state index contributed by atoms with van der Waals surface area (Å²) < 4.78 is 28.0. The molecule has 2 N–H and O–H groups in total. The highest BCUT2D eigenvalue weighted by atomic mass is 32.2. The maximum absolute atomic E-state index is 12.1. The Bertz CT molecular complexity index is 581. The third kappa shape index (κ3) is 3.18. The third-order valence-electron chi connectivity index (χ3n) is 3.81. The van der Waals surface area contributed by atoms with Crippen LogP contribution in [0.2, 0.25) is 0 Å². The van der Waals surface area contributed by atoms with Gasteiger partial charge in [-0.2, -0.15) is 5.10 Å². The Hall–Kier alpha value is -1.41. The minimum Gasteiger partial charge on any atom is -0.481 e. The number of hydrogen-bond donors (Lipinski definition) is 2. The first-order valence-corrected chi connectivity index (χ1v) is 8.10. The van der Waals surface area contributed by atoms with Crippen molar-refractivity contribution >= 4 is 16.0 Å². The van der Waals surface area contributed by atoms with Gasteiger partial charge in [0, 0.05) is 13.6 Å². The topological polar surface area (TPSA) is 101 Å². The maximum Gasteiger partial charge on any atom is 0.306 e. The third-order valence-corrected chi connectivity index (χ3v) is 5.31. The lowest BCUT2D eigenvalue weighted by Crippen LogP contribution is -2.37. The van der Waals surface area contributed by atoms with E-state index in [1.165, 1.54) is 16.9 Å². The van der Waals surface area contributed by atoms with Gasteiger partial charge < -0.3 is 5.11 Å². The molecule has 0 radical (unpaired) electrons. The number of nitrogens with zero attached hydrogens (tertiary/aromatic N) is 2. The molecule has 8 heteroatoms. The second kappa shape index (κ2) is 5.92. The average molecular weight is 301 g/mol. The lowest BCUT2D eigenvalue weighted by atomic mass is 9.79. The summed E-state index contributed by atoms with van der Waals surface area (Å²) in [6.45, 7) is 0.157. The molecule has 20 heavy (non-hydrogen) atoms. The molecule has 0 amide bonds. The van der Waals surface area contributed by atoms with E-state index in [2.05, 4.69) is 9.82 Å². The van der Waals surface area contributed by atoms with Crippen molar-refractivity contribution in [2.45, 2.75) is 30.7 Å². The molecule has 2 rings (SSSR count). The molecule has 0 spiro atoms. The minimum absolute atomic E-state index is 0.0835. The van der Waals surface area contributed by atoms with Crippen molar-refractivity contribution in [1.82, 2.24) is 14.5 Å². The van der Waals surface area contributed by atoms with E-state index in [1.807, 2.05) is 0 Å². The van der Waals surface area contributed by atoms with Crippen LogP contribution in [-0.2, 0) is 21.9 Å². The van der Waals surface area contributed by atoms with Crippen LogP contribution < -0.4 is 4.72 Å². The van der Waals surface area contributed by atoms with Gasteiger partial charge in [0.25, 0.3) is 10.0 Å². The van der Waals surface area contributed by atoms with Gasteiger partial charge in [-0.3, -0.25) is 9.48 Å². The summed E-state index contributed by atoms with van der Waals surface area (Å²) in [6.07, 6.45) is 4.61. The quantitative estimate of drug-likeness (QED) is 0.829. The number of sulfonamides is 1. The van der Waals surface area contributed by atoms with Gasteiger partial charge >= 0.3 is 5.97 Å². The molecule has 0 bridgehead atoms. The highest BCUT2D eigenvalue weighted by molar-refractivity contribution is 7.89. The average Bonchev–Trinajstić information content (AvgIpc) is 2.84. The highest BCUT2D eigenvalue weighted by Gasteiger charge is 2.32. The first-order chi connectivity index (χ1) is 9.42. The molecule has 1 saturated carbocycles. The number of aryl methyl sites for hydroxylation is 1. The summed E-state index contributed by atoms with van der Waals surface area (Å²) in [4.78, 5) is 11.2. The van der Waals surface area contributed by atoms with Gasteiger partial charge in [0.05, 0.1) is 12.1 Å². The fourth-order valence-electron chi connectivity index (χ4n) is 2.69. The Morgan fingerprint density at radius 1 is 1.50 bits per heavy atom. The van der Waals surface area contributed by atoms with Gasteiger partial charge in [-0.15, -0.1) is 0 Å². The number of aromatic nitrogens is 2. The molecule has 1 aromatic heterocycles. The smallest absolute Gasteiger partial charge is 0.306 e. The molecule has 2 atom stereocenters. The van der Waals surface area contributed by atoms with Crippen LogP contribution >= 0.6 is 0 Å². The van der Waals surface area contributed by atoms with Gasteiger partial charge in [-0.25, -0.2) is 13.1 Å². The van der Waals surface area contributed by atoms with Crippen molar-refractivity contribution < 1.29 is 18.3 Å². The first-order valence-electron chi connectivity index (χ1n) is 6.62. The summed E-state index contributed by atoms with van der Waals surface area (Å²) in [7, 11) is -2.09. The lowest BCUT2D eigenvalue weighted by Gasteiger charge is -2.28. The van der Waals surface area contributed by atoms with E-state index >= 15 is 0 Å². The predicted molar refractivity (Wildman–Crippen MR) is 71.5 cm³/mol. The van der Waals surface area contributed by atoms with Crippen molar-refractivity contribution in [3.05, 3.63) is 12.3 Å². The molecule has 0 aliphatic heterocycles. The van der Waals surface area contributed by atoms with E-state index in [1.54, 1.807) is 7.05 Å². The summed E-state index contributed by atoms with van der Waals surface area (Å²) >= 11 is 0. The monoisotopic (exact) mass is 301 g/mol. The van der Waals surface area contributed by atoms with Crippen molar-refractivity contribution in [3.63, 3.8) is 0 Å². The highest BCUT2D eigenvalue weighted by Crippen LogP contribution is 2.30. The van der Waals surface area contributed by atoms with E-state index in [9.17, 15) is 18.3 Å². The molecule has 2 unspecified atom stereocenters. The van der Waals surface area contributed by atoms with Crippen molar-refractivity contribution in [3.8, 4) is 0 Å². The second-order valence-electron chi connectivity index (χ2n) is 5.13. The van der Waals surface area contributed by atoms with E-state index in [0.29, 0.717) is 6.42 Å². The standard InChI is InChI=1S/C12H19N3O4S/c1-15-11(6-7-13-15)20(18,19)14-8-9-4-2-3-5-10(9)12(16)17/h6-7,9-10,14H,2-5,8H2,1H3,(H,16,17). The number of aliphatic carboxylic acids is 1. The van der Waals surface area contributed by atoms with Crippen LogP contribution in [0.5, 0.6) is 0 Å². The Labute approximate surface area is 118 Å². The Kier molecular flexibility index (Phi) is 4.44. The minimum atomic E-state index is -3.64. The van der Waals surface area contributed by atoms with Crippen LogP contribution in [0.15, 0.2) is 17.3 Å². The largest absolute Gasteiger partial charge is 0.481 e. The maximum atomic E-state index is 12.1. The number of carboxylic acids is 1. The van der Waals surface area contributed by atoms with Crippen LogP contribution in [0, 0.1) is 11.8 Å². The van der Waals surface area contributed by atoms with E-state index in [4.69, 9.17) is 0 Å². The summed E-state index contributed by atoms with van der Waals surface area (Å²) in [5.74, 6) is -1.45. The van der Waals surface area contributed by atoms with Gasteiger partial charge in [-0.05, 0) is 24.8 Å². The number of carbonyl (C=O) groups is 1. The molecule has 1 aromatic rings. The molecule has 7 nitrogen and oxygen atoms in total. The van der Waals surface area contributed by atoms with Crippen molar-refractivity contribution in [2.24, 2.45) is 18.9 Å². The first kappa shape index (κ1) is 15.0. The second-order valence-corrected chi connectivity index (χ2v) is 6.85. The SMILES string of the molecule is Cn1nccc1S(=O)(=O)NCC1CCCCC1C(=O)O. The molecule has 112 valence electrons. The van der Waals surface area contributed by atoms with E-state index in [0.717, 1.165) is 19.3 Å². The zero-order valence-corrected chi connectivity index (χ0v) is 12.1. The molecular weight excluding hydrogens is 282 g/mol. The molecule has 0 saturated heterocycles. The zero-order chi connectivity index (χ0) is 14.8. The number of carboxylic acid groups (broad SMARTS) is 1. The van der Waals surface area contributed by atoms with Crippen LogP contribution in [-0.4, -0.2) is 35.8 Å². The summed E-state index contributed by atoms with van der Waals surface area (Å²) in [6, 6.07) is 1.41. The summed E-state index contributed by atoms with van der Waals surface area (Å²) in [5, 5.41) is 13.1. The van der Waals surface area contributed by atoms with E-state index in [-0.39, 0.29) is 17.5 Å². The van der Waals surface area contributed by atoms with Crippen molar-refractivity contribution in [1.29, 1.82) is 0 Å². The fourth-order valence-corrected chi connectivity index (χ4v) is 3.91. The normalized spacial score (nSPS) is 23.6. The van der Waals surface area contributed by atoms with Crippen LogP contribution in [0.4, 0.5) is 0 Å². The number of nitrogens with one attached hydrogen (secondary N) is 1. The fraction of sp³-hybridized carbons (Fsp3) is 0.667. The number of hydrogen-bond acceptors (Lipinski definition) is 4. The summed E-state index contributed by atoms with van der Waals surface area (Å²) in [5.41, 5.74) is 0. The Balaban J connectivity index is 2.04. The molecule has 1 fully saturated rings. The molecule has 1 aliphatic carbocycles. The van der Waals surface area contributed by atoms with Gasteiger partial charge in [0.1, 0.15) is 0 Å². The van der Waals surface area contributed by atoms with Crippen LogP contribution in [0.25, 0.3) is 0 Å². The number of rotatable bonds is 5. The zero-order valence-electron chi connectivity index (χ0n) is 11.3. The van der Waals surface area contributed by atoms with Gasteiger partial charge in [0.15, 0.2) is 5.03 Å². The predicted octanol–water partition coefficient (Wildman–Crippen LogP) is 0.589. The molecule has 1 heterocycles. The Morgan fingerprint density at radius 2 is 2.20 bits per heavy atom. The lowest BCUT2D eigenvalue weighted by molar-refractivity contribution is -0.144. The van der Waals surface area contributed by atoms with Gasteiger partial charge in [0.2, 0.25) is 0 Å². The van der Waals surface area contributed by atoms with Crippen LogP contribution in [0.3, 0.4) is 0 Å².